The first-order chi connectivity index (χ1) is 7.20. The lowest BCUT2D eigenvalue weighted by Gasteiger charge is -2.39. The Hall–Kier alpha value is -1.15. The number of ketones is 1. The van der Waals surface area contributed by atoms with Gasteiger partial charge >= 0.3 is 0 Å². The van der Waals surface area contributed by atoms with Gasteiger partial charge in [0, 0.05) is 11.1 Å². The van der Waals surface area contributed by atoms with E-state index in [0.717, 1.165) is 5.56 Å². The molecule has 2 nitrogen and oxygen atoms in total. The van der Waals surface area contributed by atoms with Crippen LogP contribution in [0.1, 0.15) is 36.5 Å². The van der Waals surface area contributed by atoms with Gasteiger partial charge in [-0.1, -0.05) is 30.3 Å². The van der Waals surface area contributed by atoms with Gasteiger partial charge in [0.2, 0.25) is 0 Å². The monoisotopic (exact) mass is 203 g/mol. The molecular weight excluding hydrogens is 186 g/mol. The molecule has 1 aliphatic carbocycles. The van der Waals surface area contributed by atoms with Crippen LogP contribution in [-0.2, 0) is 0 Å². The van der Waals surface area contributed by atoms with E-state index in [0.29, 0.717) is 6.54 Å². The van der Waals surface area contributed by atoms with E-state index in [9.17, 15) is 4.79 Å². The van der Waals surface area contributed by atoms with Gasteiger partial charge in [-0.2, -0.15) is 0 Å². The molecule has 1 aliphatic rings. The molecule has 0 radical (unpaired) electrons. The molecule has 0 aliphatic heterocycles. The molecule has 0 aromatic heterocycles. The van der Waals surface area contributed by atoms with Crippen LogP contribution < -0.4 is 5.32 Å². The summed E-state index contributed by atoms with van der Waals surface area (Å²) in [7, 11) is 0. The number of Topliss-reactive ketones (excluding diaryl/α,β-unsaturated/α-hetero) is 1. The Morgan fingerprint density at radius 1 is 1.33 bits per heavy atom. The van der Waals surface area contributed by atoms with Crippen molar-refractivity contribution in [2.75, 3.05) is 6.54 Å². The van der Waals surface area contributed by atoms with Crippen molar-refractivity contribution in [1.29, 1.82) is 0 Å². The summed E-state index contributed by atoms with van der Waals surface area (Å²) in [6.45, 7) is 2.65. The van der Waals surface area contributed by atoms with Crippen molar-refractivity contribution < 1.29 is 4.79 Å². The van der Waals surface area contributed by atoms with Gasteiger partial charge < -0.3 is 5.32 Å². The normalized spacial score (nSPS) is 18.2. The Labute approximate surface area is 90.7 Å². The molecule has 1 N–H and O–H groups in total. The molecule has 0 amide bonds. The molecule has 0 bridgehead atoms. The van der Waals surface area contributed by atoms with Gasteiger partial charge in [0.25, 0.3) is 0 Å². The number of carbonyl (C=O) groups excluding carboxylic acids is 1. The number of rotatable bonds is 4. The molecule has 1 aromatic rings. The minimum Gasteiger partial charge on any atom is -0.304 e. The third-order valence-corrected chi connectivity index (χ3v) is 3.23. The lowest BCUT2D eigenvalue weighted by molar-refractivity contribution is 0.0960. The van der Waals surface area contributed by atoms with Crippen molar-refractivity contribution in [2.45, 2.75) is 31.7 Å². The highest BCUT2D eigenvalue weighted by Crippen LogP contribution is 2.30. The SMILES string of the molecule is CC1(NCC(=O)c2ccccc2)CCC1. The summed E-state index contributed by atoms with van der Waals surface area (Å²) in [4.78, 5) is 11.8. The predicted molar refractivity (Wildman–Crippen MR) is 61.0 cm³/mol. The van der Waals surface area contributed by atoms with E-state index < -0.39 is 0 Å². The van der Waals surface area contributed by atoms with Crippen LogP contribution in [0.5, 0.6) is 0 Å². The fourth-order valence-corrected chi connectivity index (χ4v) is 1.90. The average Bonchev–Trinajstić information content (AvgIpc) is 2.24. The molecular formula is C13H17NO. The van der Waals surface area contributed by atoms with E-state index in [-0.39, 0.29) is 11.3 Å². The maximum Gasteiger partial charge on any atom is 0.176 e. The zero-order valence-corrected chi connectivity index (χ0v) is 9.12. The van der Waals surface area contributed by atoms with Crippen LogP contribution in [0.15, 0.2) is 30.3 Å². The van der Waals surface area contributed by atoms with Crippen LogP contribution in [0.3, 0.4) is 0 Å². The van der Waals surface area contributed by atoms with Gasteiger partial charge in [-0.05, 0) is 26.2 Å². The molecule has 1 fully saturated rings. The molecule has 2 heteroatoms. The molecule has 0 unspecified atom stereocenters. The van der Waals surface area contributed by atoms with Gasteiger partial charge in [-0.15, -0.1) is 0 Å². The van der Waals surface area contributed by atoms with E-state index in [1.54, 1.807) is 0 Å². The molecule has 1 aromatic carbocycles. The second-order valence-corrected chi connectivity index (χ2v) is 4.56. The molecule has 0 saturated heterocycles. The minimum atomic E-state index is 0.184. The standard InChI is InChI=1S/C13H17NO/c1-13(8-5-9-13)14-10-12(15)11-6-3-2-4-7-11/h2-4,6-7,14H,5,8-10H2,1H3. The average molecular weight is 203 g/mol. The Balaban J connectivity index is 1.88. The summed E-state index contributed by atoms with van der Waals surface area (Å²) in [5, 5.41) is 3.34. The largest absolute Gasteiger partial charge is 0.304 e. The van der Waals surface area contributed by atoms with Crippen LogP contribution in [0, 0.1) is 0 Å². The predicted octanol–water partition coefficient (Wildman–Crippen LogP) is 2.40. The van der Waals surface area contributed by atoms with Gasteiger partial charge in [-0.25, -0.2) is 0 Å². The summed E-state index contributed by atoms with van der Waals surface area (Å²) >= 11 is 0. The fraction of sp³-hybridized carbons (Fsp3) is 0.462. The highest BCUT2D eigenvalue weighted by Gasteiger charge is 2.31. The van der Waals surface area contributed by atoms with Crippen molar-refractivity contribution in [3.8, 4) is 0 Å². The molecule has 80 valence electrons. The van der Waals surface area contributed by atoms with Crippen LogP contribution in [0.2, 0.25) is 0 Å². The summed E-state index contributed by atoms with van der Waals surface area (Å²) in [6.07, 6.45) is 3.66. The second kappa shape index (κ2) is 4.15. The summed E-state index contributed by atoms with van der Waals surface area (Å²) < 4.78 is 0. The third-order valence-electron chi connectivity index (χ3n) is 3.23. The van der Waals surface area contributed by atoms with Crippen molar-refractivity contribution in [3.05, 3.63) is 35.9 Å². The van der Waals surface area contributed by atoms with E-state index >= 15 is 0 Å². The lowest BCUT2D eigenvalue weighted by Crippen LogP contribution is -2.49. The maximum atomic E-state index is 11.8. The lowest BCUT2D eigenvalue weighted by atomic mass is 9.78. The molecule has 15 heavy (non-hydrogen) atoms. The first-order valence-corrected chi connectivity index (χ1v) is 5.53. The Kier molecular flexibility index (Phi) is 2.87. The third kappa shape index (κ3) is 2.45. The first-order valence-electron chi connectivity index (χ1n) is 5.53. The van der Waals surface area contributed by atoms with Gasteiger partial charge in [0.15, 0.2) is 5.78 Å². The minimum absolute atomic E-state index is 0.184. The first kappa shape index (κ1) is 10.4. The summed E-state index contributed by atoms with van der Waals surface area (Å²) in [6, 6.07) is 9.47. The van der Waals surface area contributed by atoms with E-state index in [1.165, 1.54) is 19.3 Å². The van der Waals surface area contributed by atoms with Crippen molar-refractivity contribution in [3.63, 3.8) is 0 Å². The van der Waals surface area contributed by atoms with Gasteiger partial charge in [-0.3, -0.25) is 4.79 Å². The molecule has 0 heterocycles. The summed E-state index contributed by atoms with van der Waals surface area (Å²) in [5.41, 5.74) is 1.01. The zero-order valence-electron chi connectivity index (χ0n) is 9.12. The number of benzene rings is 1. The van der Waals surface area contributed by atoms with Crippen molar-refractivity contribution in [2.24, 2.45) is 0 Å². The highest BCUT2D eigenvalue weighted by atomic mass is 16.1. The Morgan fingerprint density at radius 3 is 2.53 bits per heavy atom. The summed E-state index contributed by atoms with van der Waals surface area (Å²) in [5.74, 6) is 0.184. The number of carbonyl (C=O) groups is 1. The zero-order chi connectivity index (χ0) is 10.7. The number of hydrogen-bond donors (Lipinski definition) is 1. The van der Waals surface area contributed by atoms with E-state index in [1.807, 2.05) is 30.3 Å². The van der Waals surface area contributed by atoms with Crippen molar-refractivity contribution in [1.82, 2.24) is 5.32 Å². The molecule has 1 saturated carbocycles. The fourth-order valence-electron chi connectivity index (χ4n) is 1.90. The second-order valence-electron chi connectivity index (χ2n) is 4.56. The Morgan fingerprint density at radius 2 is 2.00 bits per heavy atom. The maximum absolute atomic E-state index is 11.8. The van der Waals surface area contributed by atoms with E-state index in [2.05, 4.69) is 12.2 Å². The van der Waals surface area contributed by atoms with E-state index in [4.69, 9.17) is 0 Å². The van der Waals surface area contributed by atoms with Crippen LogP contribution in [-0.4, -0.2) is 17.9 Å². The highest BCUT2D eigenvalue weighted by molar-refractivity contribution is 5.97. The topological polar surface area (TPSA) is 29.1 Å². The van der Waals surface area contributed by atoms with Crippen LogP contribution in [0.4, 0.5) is 0 Å². The molecule has 2 rings (SSSR count). The number of hydrogen-bond acceptors (Lipinski definition) is 2. The quantitative estimate of drug-likeness (QED) is 0.761. The number of nitrogens with one attached hydrogen (secondary N) is 1. The van der Waals surface area contributed by atoms with Gasteiger partial charge in [0.1, 0.15) is 0 Å². The molecule has 0 spiro atoms. The molecule has 0 atom stereocenters. The van der Waals surface area contributed by atoms with Crippen LogP contribution >= 0.6 is 0 Å². The Bertz CT molecular complexity index is 341. The van der Waals surface area contributed by atoms with Crippen molar-refractivity contribution >= 4 is 5.78 Å². The van der Waals surface area contributed by atoms with Gasteiger partial charge in [0.05, 0.1) is 6.54 Å². The smallest absolute Gasteiger partial charge is 0.176 e. The van der Waals surface area contributed by atoms with Crippen LogP contribution in [0.25, 0.3) is 0 Å².